The van der Waals surface area contributed by atoms with E-state index in [0.29, 0.717) is 30.0 Å². The van der Waals surface area contributed by atoms with E-state index in [1.165, 1.54) is 4.31 Å². The van der Waals surface area contributed by atoms with Crippen LogP contribution in [0.1, 0.15) is 25.7 Å². The van der Waals surface area contributed by atoms with Crippen molar-refractivity contribution in [2.45, 2.75) is 31.7 Å². The minimum Gasteiger partial charge on any atom is -0.454 e. The lowest BCUT2D eigenvalue weighted by atomic mass is 10.1. The van der Waals surface area contributed by atoms with Crippen molar-refractivity contribution in [2.24, 2.45) is 0 Å². The summed E-state index contributed by atoms with van der Waals surface area (Å²) in [6.07, 6.45) is 3.81. The van der Waals surface area contributed by atoms with E-state index in [1.807, 2.05) is 0 Å². The van der Waals surface area contributed by atoms with Crippen molar-refractivity contribution in [3.8, 4) is 11.5 Å². The zero-order chi connectivity index (χ0) is 19.4. The smallest absolute Gasteiger partial charge is 0.232 e. The third-order valence-electron chi connectivity index (χ3n) is 4.89. The summed E-state index contributed by atoms with van der Waals surface area (Å²) in [4.78, 5) is 14.4. The van der Waals surface area contributed by atoms with E-state index in [1.54, 1.807) is 18.2 Å². The molecule has 1 aromatic rings. The molecule has 0 aromatic heterocycles. The number of rotatable bonds is 7. The van der Waals surface area contributed by atoms with Gasteiger partial charge in [0.1, 0.15) is 0 Å². The second kappa shape index (κ2) is 8.35. The molecular weight excluding hydrogens is 370 g/mol. The lowest BCUT2D eigenvalue weighted by molar-refractivity contribution is -0.122. The van der Waals surface area contributed by atoms with Crippen molar-refractivity contribution in [1.82, 2.24) is 10.2 Å². The van der Waals surface area contributed by atoms with Crippen LogP contribution in [0.15, 0.2) is 18.2 Å². The summed E-state index contributed by atoms with van der Waals surface area (Å²) in [6.45, 7) is 2.34. The summed E-state index contributed by atoms with van der Waals surface area (Å²) in [6, 6.07) is 5.26. The first-order chi connectivity index (χ1) is 12.8. The summed E-state index contributed by atoms with van der Waals surface area (Å²) in [5.74, 6) is 1.11. The summed E-state index contributed by atoms with van der Waals surface area (Å²) < 4.78 is 36.3. The fraction of sp³-hybridized carbons (Fsp3) is 0.611. The van der Waals surface area contributed by atoms with E-state index in [9.17, 15) is 13.2 Å². The molecule has 9 heteroatoms. The van der Waals surface area contributed by atoms with Gasteiger partial charge < -0.3 is 19.7 Å². The lowest BCUT2D eigenvalue weighted by Crippen LogP contribution is -2.43. The molecule has 1 saturated heterocycles. The first-order valence-corrected chi connectivity index (χ1v) is 11.0. The molecule has 3 rings (SSSR count). The molecule has 0 bridgehead atoms. The molecule has 27 heavy (non-hydrogen) atoms. The molecule has 150 valence electrons. The van der Waals surface area contributed by atoms with E-state index < -0.39 is 10.0 Å². The third-order valence-corrected chi connectivity index (χ3v) is 6.09. The number of fused-ring (bicyclic) bond motifs is 1. The molecule has 2 aliphatic heterocycles. The molecule has 1 fully saturated rings. The molecular formula is C18H27N3O5S. The van der Waals surface area contributed by atoms with Crippen molar-refractivity contribution in [3.05, 3.63) is 18.2 Å². The molecule has 0 radical (unpaired) electrons. The second-order valence-corrected chi connectivity index (χ2v) is 9.03. The molecule has 2 aliphatic rings. The van der Waals surface area contributed by atoms with E-state index in [0.717, 1.165) is 32.2 Å². The molecule has 0 atom stereocenters. The van der Waals surface area contributed by atoms with Gasteiger partial charge >= 0.3 is 0 Å². The van der Waals surface area contributed by atoms with Gasteiger partial charge in [0.25, 0.3) is 0 Å². The predicted molar refractivity (Wildman–Crippen MR) is 103 cm³/mol. The first-order valence-electron chi connectivity index (χ1n) is 9.18. The molecule has 0 saturated carbocycles. The Morgan fingerprint density at radius 1 is 1.26 bits per heavy atom. The highest BCUT2D eigenvalue weighted by Gasteiger charge is 2.22. The second-order valence-electron chi connectivity index (χ2n) is 7.12. The van der Waals surface area contributed by atoms with Gasteiger partial charge in [0.2, 0.25) is 22.7 Å². The molecule has 8 nitrogen and oxygen atoms in total. The Morgan fingerprint density at radius 2 is 1.96 bits per heavy atom. The van der Waals surface area contributed by atoms with Crippen LogP contribution in [0.5, 0.6) is 11.5 Å². The van der Waals surface area contributed by atoms with Gasteiger partial charge in [0, 0.05) is 25.1 Å². The number of hydrogen-bond donors (Lipinski definition) is 1. The Balaban J connectivity index is 1.54. The Bertz CT molecular complexity index is 775. The number of ether oxygens (including phenoxy) is 2. The van der Waals surface area contributed by atoms with Crippen LogP contribution in [-0.4, -0.2) is 65.0 Å². The van der Waals surface area contributed by atoms with Crippen LogP contribution < -0.4 is 19.1 Å². The van der Waals surface area contributed by atoms with Crippen LogP contribution in [0, 0.1) is 0 Å². The highest BCUT2D eigenvalue weighted by Crippen LogP contribution is 2.36. The highest BCUT2D eigenvalue weighted by atomic mass is 32.2. The van der Waals surface area contributed by atoms with Gasteiger partial charge in [-0.25, -0.2) is 8.42 Å². The summed E-state index contributed by atoms with van der Waals surface area (Å²) >= 11 is 0. The maximum absolute atomic E-state index is 12.2. The zero-order valence-corrected chi connectivity index (χ0v) is 16.6. The fourth-order valence-electron chi connectivity index (χ4n) is 3.36. The van der Waals surface area contributed by atoms with E-state index in [-0.39, 0.29) is 25.3 Å². The maximum Gasteiger partial charge on any atom is 0.232 e. The van der Waals surface area contributed by atoms with Crippen LogP contribution >= 0.6 is 0 Å². The largest absolute Gasteiger partial charge is 0.454 e. The van der Waals surface area contributed by atoms with Gasteiger partial charge in [-0.3, -0.25) is 9.10 Å². The molecule has 0 unspecified atom stereocenters. The van der Waals surface area contributed by atoms with Crippen LogP contribution in [0.4, 0.5) is 5.69 Å². The van der Waals surface area contributed by atoms with Crippen LogP contribution in [0.3, 0.4) is 0 Å². The summed E-state index contributed by atoms with van der Waals surface area (Å²) in [5, 5.41) is 3.06. The minimum absolute atomic E-state index is 0.0244. The van der Waals surface area contributed by atoms with E-state index >= 15 is 0 Å². The molecule has 2 heterocycles. The maximum atomic E-state index is 12.2. The number of nitrogens with zero attached hydrogens (tertiary/aromatic N) is 2. The average molecular weight is 397 g/mol. The van der Waals surface area contributed by atoms with Crippen LogP contribution in [0.25, 0.3) is 0 Å². The SMILES string of the molecule is CN1CCC(NC(=O)CCCN(c2ccc3c(c2)OCO3)S(C)(=O)=O)CC1. The minimum atomic E-state index is -3.47. The Kier molecular flexibility index (Phi) is 6.11. The number of amides is 1. The third kappa shape index (κ3) is 5.26. The van der Waals surface area contributed by atoms with Gasteiger partial charge in [-0.2, -0.15) is 0 Å². The van der Waals surface area contributed by atoms with Crippen molar-refractivity contribution in [2.75, 3.05) is 44.0 Å². The first kappa shape index (κ1) is 19.8. The number of likely N-dealkylation sites (tertiary alicyclic amines) is 1. The zero-order valence-electron chi connectivity index (χ0n) is 15.8. The van der Waals surface area contributed by atoms with Crippen molar-refractivity contribution >= 4 is 21.6 Å². The van der Waals surface area contributed by atoms with Gasteiger partial charge in [0.05, 0.1) is 11.9 Å². The quantitative estimate of drug-likeness (QED) is 0.743. The average Bonchev–Trinajstić information content (AvgIpc) is 3.07. The van der Waals surface area contributed by atoms with Gasteiger partial charge in [-0.1, -0.05) is 0 Å². The fourth-order valence-corrected chi connectivity index (χ4v) is 4.32. The monoisotopic (exact) mass is 397 g/mol. The highest BCUT2D eigenvalue weighted by molar-refractivity contribution is 7.92. The van der Waals surface area contributed by atoms with Gasteiger partial charge in [-0.05, 0) is 51.5 Å². The molecule has 0 spiro atoms. The Morgan fingerprint density at radius 3 is 2.67 bits per heavy atom. The van der Waals surface area contributed by atoms with Gasteiger partial charge in [-0.15, -0.1) is 0 Å². The standard InChI is InChI=1S/C18H27N3O5S/c1-20-10-7-14(8-11-20)19-18(22)4-3-9-21(27(2,23)24)15-5-6-16-17(12-15)26-13-25-16/h5-6,12,14H,3-4,7-11,13H2,1-2H3,(H,19,22). The predicted octanol–water partition coefficient (Wildman–Crippen LogP) is 1.17. The molecule has 1 aromatic carbocycles. The summed E-state index contributed by atoms with van der Waals surface area (Å²) in [5.41, 5.74) is 0.512. The normalized spacial score (nSPS) is 17.7. The van der Waals surface area contributed by atoms with Crippen molar-refractivity contribution in [1.29, 1.82) is 0 Å². The number of nitrogens with one attached hydrogen (secondary N) is 1. The number of carbonyl (C=O) groups is 1. The number of carbonyl (C=O) groups excluding carboxylic acids is 1. The molecule has 0 aliphatic carbocycles. The summed E-state index contributed by atoms with van der Waals surface area (Å²) in [7, 11) is -1.39. The molecule has 1 N–H and O–H groups in total. The van der Waals surface area contributed by atoms with E-state index in [2.05, 4.69) is 17.3 Å². The van der Waals surface area contributed by atoms with Crippen LogP contribution in [-0.2, 0) is 14.8 Å². The molecule has 1 amide bonds. The van der Waals surface area contributed by atoms with Crippen molar-refractivity contribution < 1.29 is 22.7 Å². The van der Waals surface area contributed by atoms with E-state index in [4.69, 9.17) is 9.47 Å². The number of benzene rings is 1. The number of sulfonamides is 1. The lowest BCUT2D eigenvalue weighted by Gasteiger charge is -2.29. The Hall–Kier alpha value is -2.00. The van der Waals surface area contributed by atoms with Gasteiger partial charge in [0.15, 0.2) is 11.5 Å². The Labute approximate surface area is 160 Å². The number of anilines is 1. The van der Waals surface area contributed by atoms with Crippen LogP contribution in [0.2, 0.25) is 0 Å². The van der Waals surface area contributed by atoms with Crippen molar-refractivity contribution in [3.63, 3.8) is 0 Å². The topological polar surface area (TPSA) is 88.2 Å². The number of hydrogen-bond acceptors (Lipinski definition) is 6. The number of piperidine rings is 1.